The van der Waals surface area contributed by atoms with Crippen LogP contribution in [0.5, 0.6) is 0 Å². The first-order valence-electron chi connectivity index (χ1n) is 11.1. The van der Waals surface area contributed by atoms with E-state index < -0.39 is 29.5 Å². The summed E-state index contributed by atoms with van der Waals surface area (Å²) < 4.78 is 30.6. The SMILES string of the molecule is COC(=O)C1=C(C(=O)OC)N(c2c(F)cccc2N2CCN(C(=O)OC(C)(C)C)CC2)C=CC=C1. The summed E-state index contributed by atoms with van der Waals surface area (Å²) in [6, 6.07) is 4.56. The van der Waals surface area contributed by atoms with Crippen molar-refractivity contribution >= 4 is 29.4 Å². The van der Waals surface area contributed by atoms with Gasteiger partial charge in [0.1, 0.15) is 22.8 Å². The van der Waals surface area contributed by atoms with Crippen LogP contribution in [0.25, 0.3) is 0 Å². The summed E-state index contributed by atoms with van der Waals surface area (Å²) in [5.74, 6) is -2.20. The van der Waals surface area contributed by atoms with Crippen molar-refractivity contribution < 1.29 is 33.0 Å². The number of nitrogens with zero attached hydrogens (tertiary/aromatic N) is 3. The Hall–Kier alpha value is -3.82. The van der Waals surface area contributed by atoms with Gasteiger partial charge in [0.2, 0.25) is 0 Å². The Morgan fingerprint density at radius 3 is 2.20 bits per heavy atom. The highest BCUT2D eigenvalue weighted by Gasteiger charge is 2.33. The fourth-order valence-corrected chi connectivity index (χ4v) is 3.79. The number of para-hydroxylation sites is 1. The molecule has 188 valence electrons. The van der Waals surface area contributed by atoms with Gasteiger partial charge in [-0.05, 0) is 45.1 Å². The molecular weight excluding hydrogens is 457 g/mol. The van der Waals surface area contributed by atoms with Gasteiger partial charge in [-0.1, -0.05) is 12.1 Å². The largest absolute Gasteiger partial charge is 0.465 e. The second-order valence-electron chi connectivity index (χ2n) is 8.88. The average molecular weight is 488 g/mol. The Balaban J connectivity index is 1.98. The number of piperazine rings is 1. The van der Waals surface area contributed by atoms with Crippen molar-refractivity contribution in [3.63, 3.8) is 0 Å². The first kappa shape index (κ1) is 25.8. The van der Waals surface area contributed by atoms with Crippen LogP contribution in [-0.4, -0.2) is 68.9 Å². The highest BCUT2D eigenvalue weighted by Crippen LogP contribution is 2.37. The number of allylic oxidation sites excluding steroid dienone is 2. The number of methoxy groups -OCH3 is 2. The Morgan fingerprint density at radius 2 is 1.60 bits per heavy atom. The van der Waals surface area contributed by atoms with Crippen molar-refractivity contribution in [2.75, 3.05) is 50.2 Å². The van der Waals surface area contributed by atoms with Crippen LogP contribution < -0.4 is 9.80 Å². The molecule has 0 atom stereocenters. The van der Waals surface area contributed by atoms with E-state index in [1.807, 2.05) is 4.90 Å². The molecule has 2 heterocycles. The Labute approximate surface area is 204 Å². The summed E-state index contributed by atoms with van der Waals surface area (Å²) in [6.07, 6.45) is 5.62. The number of amides is 1. The summed E-state index contributed by atoms with van der Waals surface area (Å²) in [7, 11) is 2.37. The van der Waals surface area contributed by atoms with E-state index in [1.165, 1.54) is 37.5 Å². The van der Waals surface area contributed by atoms with E-state index in [2.05, 4.69) is 0 Å². The van der Waals surface area contributed by atoms with Gasteiger partial charge in [0.15, 0.2) is 0 Å². The number of hydrogen-bond acceptors (Lipinski definition) is 8. The lowest BCUT2D eigenvalue weighted by Crippen LogP contribution is -2.50. The van der Waals surface area contributed by atoms with E-state index in [0.29, 0.717) is 31.9 Å². The summed E-state index contributed by atoms with van der Waals surface area (Å²) >= 11 is 0. The maximum absolute atomic E-state index is 15.4. The molecule has 1 saturated heterocycles. The normalized spacial score (nSPS) is 16.2. The third kappa shape index (κ3) is 5.82. The molecule has 9 nitrogen and oxygen atoms in total. The molecule has 0 spiro atoms. The average Bonchev–Trinajstić information content (AvgIpc) is 3.04. The van der Waals surface area contributed by atoms with Gasteiger partial charge < -0.3 is 28.9 Å². The zero-order chi connectivity index (χ0) is 25.8. The number of rotatable bonds is 4. The Kier molecular flexibility index (Phi) is 7.83. The van der Waals surface area contributed by atoms with Crippen molar-refractivity contribution in [3.05, 3.63) is 59.7 Å². The first-order valence-corrected chi connectivity index (χ1v) is 11.1. The van der Waals surface area contributed by atoms with Gasteiger partial charge in [0.05, 0.1) is 25.5 Å². The number of anilines is 2. The van der Waals surface area contributed by atoms with E-state index in [-0.39, 0.29) is 17.0 Å². The third-order valence-corrected chi connectivity index (χ3v) is 5.37. The van der Waals surface area contributed by atoms with Crippen LogP contribution in [0.3, 0.4) is 0 Å². The van der Waals surface area contributed by atoms with E-state index in [0.717, 1.165) is 0 Å². The van der Waals surface area contributed by atoms with E-state index in [9.17, 15) is 14.4 Å². The minimum absolute atomic E-state index is 0.0694. The van der Waals surface area contributed by atoms with Gasteiger partial charge in [-0.3, -0.25) is 0 Å². The van der Waals surface area contributed by atoms with Crippen molar-refractivity contribution in [1.29, 1.82) is 0 Å². The van der Waals surface area contributed by atoms with E-state index in [1.54, 1.807) is 50.0 Å². The highest BCUT2D eigenvalue weighted by atomic mass is 19.1. The van der Waals surface area contributed by atoms with Crippen LogP contribution in [-0.2, 0) is 23.8 Å². The summed E-state index contributed by atoms with van der Waals surface area (Å²) in [5, 5.41) is 0. The van der Waals surface area contributed by atoms with Crippen LogP contribution in [0, 0.1) is 5.82 Å². The van der Waals surface area contributed by atoms with Crippen molar-refractivity contribution in [2.24, 2.45) is 0 Å². The van der Waals surface area contributed by atoms with Gasteiger partial charge in [-0.2, -0.15) is 0 Å². The van der Waals surface area contributed by atoms with Crippen molar-refractivity contribution in [2.45, 2.75) is 26.4 Å². The Morgan fingerprint density at radius 1 is 0.943 bits per heavy atom. The molecule has 0 aliphatic carbocycles. The molecule has 35 heavy (non-hydrogen) atoms. The molecule has 2 aliphatic heterocycles. The minimum Gasteiger partial charge on any atom is -0.465 e. The quantitative estimate of drug-likeness (QED) is 0.472. The summed E-state index contributed by atoms with van der Waals surface area (Å²) in [5.41, 5.74) is -0.298. The molecule has 1 fully saturated rings. The maximum Gasteiger partial charge on any atom is 0.410 e. The lowest BCUT2D eigenvalue weighted by molar-refractivity contribution is -0.139. The fraction of sp³-hybridized carbons (Fsp3) is 0.400. The number of hydrogen-bond donors (Lipinski definition) is 0. The zero-order valence-electron chi connectivity index (χ0n) is 20.5. The molecule has 2 aliphatic rings. The summed E-state index contributed by atoms with van der Waals surface area (Å²) in [6.45, 7) is 6.97. The highest BCUT2D eigenvalue weighted by molar-refractivity contribution is 6.06. The van der Waals surface area contributed by atoms with Crippen molar-refractivity contribution in [3.8, 4) is 0 Å². The monoisotopic (exact) mass is 487 g/mol. The van der Waals surface area contributed by atoms with Crippen LogP contribution >= 0.6 is 0 Å². The van der Waals surface area contributed by atoms with E-state index >= 15 is 4.39 Å². The number of benzene rings is 1. The predicted octanol–water partition coefficient (Wildman–Crippen LogP) is 3.37. The molecule has 1 amide bonds. The lowest BCUT2D eigenvalue weighted by atomic mass is 10.1. The molecule has 0 aromatic heterocycles. The van der Waals surface area contributed by atoms with Crippen LogP contribution in [0.15, 0.2) is 53.9 Å². The Bertz CT molecular complexity index is 1080. The third-order valence-electron chi connectivity index (χ3n) is 5.37. The minimum atomic E-state index is -0.828. The van der Waals surface area contributed by atoms with Crippen LogP contribution in [0.4, 0.5) is 20.6 Å². The topological polar surface area (TPSA) is 88.6 Å². The molecule has 0 saturated carbocycles. The van der Waals surface area contributed by atoms with Gasteiger partial charge in [0, 0.05) is 32.4 Å². The van der Waals surface area contributed by atoms with Crippen LogP contribution in [0.1, 0.15) is 20.8 Å². The number of halogens is 1. The predicted molar refractivity (Wildman–Crippen MR) is 128 cm³/mol. The van der Waals surface area contributed by atoms with Gasteiger partial charge >= 0.3 is 18.0 Å². The molecule has 0 radical (unpaired) electrons. The first-order chi connectivity index (χ1) is 16.6. The number of carbonyl (C=O) groups is 3. The smallest absolute Gasteiger partial charge is 0.410 e. The molecule has 3 rings (SSSR count). The zero-order valence-corrected chi connectivity index (χ0v) is 20.5. The molecule has 0 bridgehead atoms. The summed E-state index contributed by atoms with van der Waals surface area (Å²) in [4.78, 5) is 42.5. The number of esters is 2. The maximum atomic E-state index is 15.4. The van der Waals surface area contributed by atoms with Gasteiger partial charge in [-0.15, -0.1) is 0 Å². The van der Waals surface area contributed by atoms with Gasteiger partial charge in [0.25, 0.3) is 0 Å². The van der Waals surface area contributed by atoms with Gasteiger partial charge in [-0.25, -0.2) is 18.8 Å². The molecule has 1 aromatic rings. The molecular formula is C25H30FN3O6. The second kappa shape index (κ2) is 10.6. The second-order valence-corrected chi connectivity index (χ2v) is 8.88. The van der Waals surface area contributed by atoms with E-state index in [4.69, 9.17) is 14.2 Å². The molecule has 10 heteroatoms. The van der Waals surface area contributed by atoms with Crippen LogP contribution in [0.2, 0.25) is 0 Å². The molecule has 1 aromatic carbocycles. The molecule has 0 N–H and O–H groups in total. The number of carbonyl (C=O) groups excluding carboxylic acids is 3. The van der Waals surface area contributed by atoms with Crippen molar-refractivity contribution in [1.82, 2.24) is 4.90 Å². The lowest BCUT2D eigenvalue weighted by Gasteiger charge is -2.38. The number of ether oxygens (including phenoxy) is 3. The fourth-order valence-electron chi connectivity index (χ4n) is 3.79. The molecule has 0 unspecified atom stereocenters. The standard InChI is InChI=1S/C25H30FN3O6/c1-25(2,3)35-24(32)28-15-13-27(14-16-28)19-11-8-10-18(26)21(19)29-12-7-6-9-17(22(30)33-4)20(29)23(31)34-5/h6-12H,13-16H2,1-5H3.